The first-order valence-corrected chi connectivity index (χ1v) is 13.2. The van der Waals surface area contributed by atoms with Crippen molar-refractivity contribution >= 4 is 0 Å². The first kappa shape index (κ1) is 20.4. The number of hydrogen-bond donors (Lipinski definition) is 0. The molecule has 5 unspecified atom stereocenters. The minimum Gasteiger partial charge on any atom is -0.303 e. The average Bonchev–Trinajstić information content (AvgIpc) is 3.17. The summed E-state index contributed by atoms with van der Waals surface area (Å²) < 4.78 is 0. The molecule has 8 fully saturated rings. The van der Waals surface area contributed by atoms with Crippen molar-refractivity contribution in [3.63, 3.8) is 0 Å². The molecule has 0 N–H and O–H groups in total. The Labute approximate surface area is 184 Å². The first-order valence-electron chi connectivity index (χ1n) is 13.2. The summed E-state index contributed by atoms with van der Waals surface area (Å²) in [5.41, 5.74) is 0. The van der Waals surface area contributed by atoms with Gasteiger partial charge in [0.05, 0.1) is 0 Å². The molecule has 170 valence electrons. The Hall–Kier alpha value is -0.240. The molecule has 6 bridgehead atoms. The van der Waals surface area contributed by atoms with Gasteiger partial charge in [0.2, 0.25) is 0 Å². The number of piperazine rings is 1. The van der Waals surface area contributed by atoms with Crippen molar-refractivity contribution in [1.82, 2.24) is 29.4 Å². The maximum Gasteiger partial charge on any atom is 0.0161 e. The molecule has 0 amide bonds. The van der Waals surface area contributed by atoms with E-state index in [4.69, 9.17) is 0 Å². The Balaban J connectivity index is 1.20. The number of nitrogens with zero attached hydrogens (tertiary/aromatic N) is 6. The van der Waals surface area contributed by atoms with E-state index in [9.17, 15) is 0 Å². The van der Waals surface area contributed by atoms with Gasteiger partial charge >= 0.3 is 0 Å². The van der Waals surface area contributed by atoms with Crippen molar-refractivity contribution in [2.24, 2.45) is 11.8 Å². The van der Waals surface area contributed by atoms with E-state index >= 15 is 0 Å². The van der Waals surface area contributed by atoms with Gasteiger partial charge in [-0.25, -0.2) is 0 Å². The van der Waals surface area contributed by atoms with Crippen molar-refractivity contribution in [3.8, 4) is 0 Å². The van der Waals surface area contributed by atoms with E-state index in [0.29, 0.717) is 0 Å². The van der Waals surface area contributed by atoms with Crippen LogP contribution >= 0.6 is 0 Å². The molecule has 8 aliphatic heterocycles. The molecule has 5 atom stereocenters. The predicted molar refractivity (Wildman–Crippen MR) is 122 cm³/mol. The van der Waals surface area contributed by atoms with Crippen LogP contribution in [0.25, 0.3) is 0 Å². The highest BCUT2D eigenvalue weighted by Crippen LogP contribution is 2.31. The van der Waals surface area contributed by atoms with E-state index in [1.807, 2.05) is 0 Å². The fourth-order valence-corrected chi connectivity index (χ4v) is 7.85. The van der Waals surface area contributed by atoms with Crippen molar-refractivity contribution < 1.29 is 0 Å². The second-order valence-corrected chi connectivity index (χ2v) is 11.2. The Morgan fingerprint density at radius 1 is 0.367 bits per heavy atom. The molecule has 0 saturated carbocycles. The van der Waals surface area contributed by atoms with Gasteiger partial charge in [-0.05, 0) is 76.8 Å². The third-order valence-corrected chi connectivity index (χ3v) is 9.46. The molecular formula is C24H44N6. The monoisotopic (exact) mass is 416 g/mol. The van der Waals surface area contributed by atoms with Gasteiger partial charge in [-0.2, -0.15) is 0 Å². The largest absolute Gasteiger partial charge is 0.303 e. The third-order valence-electron chi connectivity index (χ3n) is 9.46. The minimum atomic E-state index is 0.811. The number of rotatable bonds is 2. The second kappa shape index (κ2) is 8.95. The zero-order chi connectivity index (χ0) is 19.9. The van der Waals surface area contributed by atoms with Crippen molar-refractivity contribution in [3.05, 3.63) is 0 Å². The highest BCUT2D eigenvalue weighted by molar-refractivity contribution is 4.97. The molecule has 0 aliphatic carbocycles. The number of hydrogen-bond acceptors (Lipinski definition) is 6. The lowest BCUT2D eigenvalue weighted by molar-refractivity contribution is 0.0278. The Morgan fingerprint density at radius 2 is 0.867 bits per heavy atom. The van der Waals surface area contributed by atoms with Crippen LogP contribution in [0.15, 0.2) is 0 Å². The van der Waals surface area contributed by atoms with Gasteiger partial charge in [-0.1, -0.05) is 0 Å². The smallest absolute Gasteiger partial charge is 0.0161 e. The van der Waals surface area contributed by atoms with Gasteiger partial charge in [0.25, 0.3) is 0 Å². The van der Waals surface area contributed by atoms with Crippen LogP contribution < -0.4 is 0 Å². The maximum absolute atomic E-state index is 3.00. The van der Waals surface area contributed by atoms with Crippen LogP contribution in [0.4, 0.5) is 0 Å². The van der Waals surface area contributed by atoms with Crippen LogP contribution in [-0.4, -0.2) is 146 Å². The summed E-state index contributed by atoms with van der Waals surface area (Å²) in [5, 5.41) is 0. The fourth-order valence-electron chi connectivity index (χ4n) is 7.85. The molecule has 0 radical (unpaired) electrons. The third kappa shape index (κ3) is 4.20. The molecule has 6 nitrogen and oxygen atoms in total. The quantitative estimate of drug-likeness (QED) is 0.645. The summed E-state index contributed by atoms with van der Waals surface area (Å²) in [4.78, 5) is 17.1. The lowest BCUT2D eigenvalue weighted by Crippen LogP contribution is -2.55. The molecule has 8 rings (SSSR count). The van der Waals surface area contributed by atoms with Crippen LogP contribution in [0.2, 0.25) is 0 Å². The predicted octanol–water partition coefficient (Wildman–Crippen LogP) is 0.410. The summed E-state index contributed by atoms with van der Waals surface area (Å²) in [6, 6.07) is 1.62. The van der Waals surface area contributed by atoms with Gasteiger partial charge in [0, 0.05) is 77.5 Å². The molecule has 0 aromatic carbocycles. The highest BCUT2D eigenvalue weighted by Gasteiger charge is 2.41. The number of fused-ring (bicyclic) bond motifs is 13. The molecule has 6 heteroatoms. The van der Waals surface area contributed by atoms with Crippen LogP contribution in [0, 0.1) is 11.8 Å². The van der Waals surface area contributed by atoms with Gasteiger partial charge in [-0.3, -0.25) is 9.80 Å². The van der Waals surface area contributed by atoms with Gasteiger partial charge in [0.15, 0.2) is 0 Å². The van der Waals surface area contributed by atoms with E-state index in [2.05, 4.69) is 29.4 Å². The van der Waals surface area contributed by atoms with Crippen LogP contribution in [0.5, 0.6) is 0 Å². The normalized spacial score (nSPS) is 52.0. The molecular weight excluding hydrogens is 372 g/mol. The summed E-state index contributed by atoms with van der Waals surface area (Å²) >= 11 is 0. The average molecular weight is 417 g/mol. The Morgan fingerprint density at radius 3 is 1.53 bits per heavy atom. The van der Waals surface area contributed by atoms with Crippen LogP contribution in [-0.2, 0) is 0 Å². The van der Waals surface area contributed by atoms with Crippen LogP contribution in [0.3, 0.4) is 0 Å². The SMILES string of the molecule is C1CN2CCCN(C1)C(C1CN3CCC(C4CN5CCN(CC5)C4)N(CC3)C1)CC2. The minimum absolute atomic E-state index is 0.811. The van der Waals surface area contributed by atoms with Gasteiger partial charge in [0.1, 0.15) is 0 Å². The molecule has 0 spiro atoms. The molecule has 8 heterocycles. The van der Waals surface area contributed by atoms with E-state index < -0.39 is 0 Å². The zero-order valence-corrected chi connectivity index (χ0v) is 19.1. The van der Waals surface area contributed by atoms with Crippen molar-refractivity contribution in [1.29, 1.82) is 0 Å². The van der Waals surface area contributed by atoms with Gasteiger partial charge in [-0.15, -0.1) is 0 Å². The molecule has 0 aromatic rings. The van der Waals surface area contributed by atoms with Crippen LogP contribution in [0.1, 0.15) is 25.7 Å². The summed E-state index contributed by atoms with van der Waals surface area (Å²) in [6.07, 6.45) is 5.57. The van der Waals surface area contributed by atoms with Crippen molar-refractivity contribution in [2.45, 2.75) is 37.8 Å². The standard InChI is InChI=1S/C24H44N6/c1-5-25-6-2-8-29(7-1)23(3-9-25)22-19-26-10-4-24(30(20-22)16-15-26)21-17-27-11-12-28(18-21)14-13-27/h21-24H,1-20H2. The lowest BCUT2D eigenvalue weighted by Gasteiger charge is -2.46. The second-order valence-electron chi connectivity index (χ2n) is 11.2. The van der Waals surface area contributed by atoms with E-state index in [1.165, 1.54) is 130 Å². The summed E-state index contributed by atoms with van der Waals surface area (Å²) in [7, 11) is 0. The van der Waals surface area contributed by atoms with Gasteiger partial charge < -0.3 is 19.6 Å². The highest BCUT2D eigenvalue weighted by atomic mass is 15.3. The lowest BCUT2D eigenvalue weighted by atomic mass is 9.88. The summed E-state index contributed by atoms with van der Waals surface area (Å²) in [6.45, 7) is 21.3. The molecule has 0 aromatic heterocycles. The van der Waals surface area contributed by atoms with Crippen molar-refractivity contribution in [2.75, 3.05) is 105 Å². The Bertz CT molecular complexity index is 554. The molecule has 8 saturated heterocycles. The first-order chi connectivity index (χ1) is 14.8. The topological polar surface area (TPSA) is 19.4 Å². The Kier molecular flexibility index (Phi) is 6.08. The van der Waals surface area contributed by atoms with E-state index in [0.717, 1.165) is 23.9 Å². The van der Waals surface area contributed by atoms with E-state index in [-0.39, 0.29) is 0 Å². The maximum atomic E-state index is 3.00. The van der Waals surface area contributed by atoms with E-state index in [1.54, 1.807) is 0 Å². The zero-order valence-electron chi connectivity index (χ0n) is 19.1. The molecule has 8 aliphatic rings. The molecule has 30 heavy (non-hydrogen) atoms. The fraction of sp³-hybridized carbons (Fsp3) is 1.00. The summed E-state index contributed by atoms with van der Waals surface area (Å²) in [5.74, 6) is 1.70.